The van der Waals surface area contributed by atoms with Crippen LogP contribution in [0.1, 0.15) is 22.2 Å². The molecule has 4 heterocycles. The summed E-state index contributed by atoms with van der Waals surface area (Å²) in [5.41, 5.74) is 1.73. The molecule has 7 nitrogen and oxygen atoms in total. The number of hydrazone groups is 1. The Morgan fingerprint density at radius 2 is 1.97 bits per heavy atom. The average molecular weight is 483 g/mol. The summed E-state index contributed by atoms with van der Waals surface area (Å²) in [6.45, 7) is 0. The van der Waals surface area contributed by atoms with Gasteiger partial charge in [-0.15, -0.1) is 32.9 Å². The predicted molar refractivity (Wildman–Crippen MR) is 126 cm³/mol. The molecule has 1 amide bonds. The Bertz CT molecular complexity index is 1220. The van der Waals surface area contributed by atoms with Crippen molar-refractivity contribution in [1.82, 2.24) is 15.2 Å². The number of methoxy groups -OCH3 is 1. The molecule has 1 aliphatic heterocycles. The summed E-state index contributed by atoms with van der Waals surface area (Å²) in [5.74, 6) is 1.22. The molecule has 5 rings (SSSR count). The molecule has 0 N–H and O–H groups in total. The van der Waals surface area contributed by atoms with E-state index in [9.17, 15) is 4.79 Å². The summed E-state index contributed by atoms with van der Waals surface area (Å²) in [5, 5.41) is 18.8. The lowest BCUT2D eigenvalue weighted by atomic mass is 10.1. The Labute approximate surface area is 196 Å². The van der Waals surface area contributed by atoms with Gasteiger partial charge < -0.3 is 9.15 Å². The SMILES string of the molecule is COc1ccc(-c2nnc(SCC(=O)N3N=C(c4cccs4)C[C@H]3c3cccs3)o2)cc1. The quantitative estimate of drug-likeness (QED) is 0.331. The van der Waals surface area contributed by atoms with Crippen LogP contribution in [-0.2, 0) is 4.79 Å². The van der Waals surface area contributed by atoms with Gasteiger partial charge in [0.2, 0.25) is 5.89 Å². The number of carbonyl (C=O) groups excluding carboxylic acids is 1. The number of thioether (sulfide) groups is 1. The van der Waals surface area contributed by atoms with E-state index in [2.05, 4.69) is 21.4 Å². The van der Waals surface area contributed by atoms with Crippen LogP contribution in [0.3, 0.4) is 0 Å². The Hall–Kier alpha value is -2.95. The normalized spacial score (nSPS) is 15.7. The van der Waals surface area contributed by atoms with Crippen molar-refractivity contribution in [1.29, 1.82) is 0 Å². The molecule has 0 bridgehead atoms. The number of carbonyl (C=O) groups is 1. The van der Waals surface area contributed by atoms with E-state index in [1.54, 1.807) is 34.8 Å². The van der Waals surface area contributed by atoms with Gasteiger partial charge in [0, 0.05) is 16.9 Å². The molecule has 0 spiro atoms. The first kappa shape index (κ1) is 20.9. The molecule has 4 aromatic rings. The smallest absolute Gasteiger partial charge is 0.277 e. The molecule has 0 radical (unpaired) electrons. The zero-order valence-electron chi connectivity index (χ0n) is 17.0. The molecule has 1 aliphatic rings. The maximum Gasteiger partial charge on any atom is 0.277 e. The zero-order valence-corrected chi connectivity index (χ0v) is 19.5. The molecule has 0 fully saturated rings. The van der Waals surface area contributed by atoms with Crippen molar-refractivity contribution < 1.29 is 13.9 Å². The van der Waals surface area contributed by atoms with Crippen molar-refractivity contribution >= 4 is 46.1 Å². The second kappa shape index (κ2) is 9.27. The summed E-state index contributed by atoms with van der Waals surface area (Å²) in [7, 11) is 1.62. The minimum atomic E-state index is -0.0934. The van der Waals surface area contributed by atoms with Crippen LogP contribution >= 0.6 is 34.4 Å². The molecule has 32 heavy (non-hydrogen) atoms. The lowest BCUT2D eigenvalue weighted by molar-refractivity contribution is -0.130. The second-order valence-corrected chi connectivity index (χ2v) is 9.74. The number of thiophene rings is 2. The maximum atomic E-state index is 13.1. The first-order valence-electron chi connectivity index (χ1n) is 9.79. The Balaban J connectivity index is 1.28. The van der Waals surface area contributed by atoms with Gasteiger partial charge in [-0.05, 0) is 47.2 Å². The van der Waals surface area contributed by atoms with Crippen molar-refractivity contribution in [2.45, 2.75) is 17.7 Å². The Kier molecular flexibility index (Phi) is 6.06. The van der Waals surface area contributed by atoms with E-state index in [0.717, 1.165) is 26.8 Å². The molecular weight excluding hydrogens is 464 g/mol. The fraction of sp³-hybridized carbons (Fsp3) is 0.182. The standard InChI is InChI=1S/C22H18N4O3S3/c1-28-15-8-6-14(7-9-15)21-23-24-22(29-21)32-13-20(27)26-17(19-5-3-11-31-19)12-16(25-26)18-4-2-10-30-18/h2-11,17H,12-13H2,1H3/t17-/m0/s1. The number of ether oxygens (including phenoxy) is 1. The van der Waals surface area contributed by atoms with E-state index in [4.69, 9.17) is 9.15 Å². The van der Waals surface area contributed by atoms with Gasteiger partial charge in [0.1, 0.15) is 5.75 Å². The highest BCUT2D eigenvalue weighted by atomic mass is 32.2. The number of nitrogens with zero attached hydrogens (tertiary/aromatic N) is 4. The van der Waals surface area contributed by atoms with Crippen molar-refractivity contribution in [2.75, 3.05) is 12.9 Å². The van der Waals surface area contributed by atoms with E-state index in [1.165, 1.54) is 11.8 Å². The third-order valence-corrected chi connectivity index (χ3v) is 7.60. The molecule has 1 aromatic carbocycles. The summed E-state index contributed by atoms with van der Waals surface area (Å²) in [6, 6.07) is 15.4. The number of hydrogen-bond donors (Lipinski definition) is 0. The highest BCUT2D eigenvalue weighted by Crippen LogP contribution is 2.36. The molecule has 0 aliphatic carbocycles. The van der Waals surface area contributed by atoms with Gasteiger partial charge in [0.05, 0.1) is 29.5 Å². The highest BCUT2D eigenvalue weighted by Gasteiger charge is 2.34. The Morgan fingerprint density at radius 3 is 2.69 bits per heavy atom. The molecule has 10 heteroatoms. The zero-order chi connectivity index (χ0) is 21.9. The largest absolute Gasteiger partial charge is 0.497 e. The first-order chi connectivity index (χ1) is 15.7. The van der Waals surface area contributed by atoms with E-state index in [1.807, 2.05) is 53.2 Å². The molecule has 162 valence electrons. The van der Waals surface area contributed by atoms with Crippen LogP contribution in [0.25, 0.3) is 11.5 Å². The molecular formula is C22H18N4O3S3. The van der Waals surface area contributed by atoms with Gasteiger partial charge in [-0.25, -0.2) is 5.01 Å². The minimum Gasteiger partial charge on any atom is -0.497 e. The van der Waals surface area contributed by atoms with Crippen LogP contribution in [0.4, 0.5) is 0 Å². The average Bonchev–Trinajstić information content (AvgIpc) is 3.63. The highest BCUT2D eigenvalue weighted by molar-refractivity contribution is 7.99. The number of aromatic nitrogens is 2. The third kappa shape index (κ3) is 4.34. The fourth-order valence-electron chi connectivity index (χ4n) is 3.34. The number of rotatable bonds is 7. The van der Waals surface area contributed by atoms with Gasteiger partial charge in [-0.2, -0.15) is 5.10 Å². The van der Waals surface area contributed by atoms with Gasteiger partial charge in [-0.3, -0.25) is 4.79 Å². The van der Waals surface area contributed by atoms with E-state index >= 15 is 0 Å². The predicted octanol–water partition coefficient (Wildman–Crippen LogP) is 5.34. The van der Waals surface area contributed by atoms with Gasteiger partial charge in [0.25, 0.3) is 11.1 Å². The summed E-state index contributed by atoms with van der Waals surface area (Å²) in [4.78, 5) is 15.3. The minimum absolute atomic E-state index is 0.0854. The number of benzene rings is 1. The fourth-order valence-corrected chi connectivity index (χ4v) is 5.49. The summed E-state index contributed by atoms with van der Waals surface area (Å²) < 4.78 is 10.9. The lowest BCUT2D eigenvalue weighted by Crippen LogP contribution is -2.28. The summed E-state index contributed by atoms with van der Waals surface area (Å²) >= 11 is 4.49. The van der Waals surface area contributed by atoms with E-state index < -0.39 is 0 Å². The molecule has 3 aromatic heterocycles. The molecule has 0 saturated carbocycles. The van der Waals surface area contributed by atoms with Crippen LogP contribution in [0, 0.1) is 0 Å². The van der Waals surface area contributed by atoms with Crippen molar-refractivity contribution in [3.8, 4) is 17.2 Å². The van der Waals surface area contributed by atoms with Crippen LogP contribution in [0.5, 0.6) is 5.75 Å². The maximum absolute atomic E-state index is 13.1. The van der Waals surface area contributed by atoms with Crippen molar-refractivity contribution in [2.24, 2.45) is 5.10 Å². The number of amides is 1. The topological polar surface area (TPSA) is 80.8 Å². The van der Waals surface area contributed by atoms with Crippen molar-refractivity contribution in [3.05, 3.63) is 69.0 Å². The van der Waals surface area contributed by atoms with Crippen molar-refractivity contribution in [3.63, 3.8) is 0 Å². The molecule has 1 atom stereocenters. The van der Waals surface area contributed by atoms with Gasteiger partial charge in [-0.1, -0.05) is 23.9 Å². The molecule has 0 saturated heterocycles. The van der Waals surface area contributed by atoms with Crippen LogP contribution in [0.2, 0.25) is 0 Å². The van der Waals surface area contributed by atoms with Crippen LogP contribution in [-0.4, -0.2) is 39.7 Å². The second-order valence-electron chi connectivity index (χ2n) is 6.89. The Morgan fingerprint density at radius 1 is 1.16 bits per heavy atom. The van der Waals surface area contributed by atoms with E-state index in [0.29, 0.717) is 17.5 Å². The van der Waals surface area contributed by atoms with Gasteiger partial charge >= 0.3 is 0 Å². The third-order valence-electron chi connectivity index (χ3n) is 4.91. The van der Waals surface area contributed by atoms with E-state index in [-0.39, 0.29) is 17.7 Å². The lowest BCUT2D eigenvalue weighted by Gasteiger charge is -2.20. The van der Waals surface area contributed by atoms with Crippen LogP contribution in [0.15, 0.2) is 74.0 Å². The molecule has 0 unspecified atom stereocenters. The summed E-state index contributed by atoms with van der Waals surface area (Å²) in [6.07, 6.45) is 0.708. The van der Waals surface area contributed by atoms with Crippen LogP contribution < -0.4 is 4.74 Å². The monoisotopic (exact) mass is 482 g/mol. The number of hydrogen-bond acceptors (Lipinski definition) is 9. The van der Waals surface area contributed by atoms with Gasteiger partial charge in [0.15, 0.2) is 0 Å². The first-order valence-corrected chi connectivity index (χ1v) is 12.5.